The van der Waals surface area contributed by atoms with E-state index >= 15 is 0 Å². The van der Waals surface area contributed by atoms with Crippen LogP contribution in [0.3, 0.4) is 0 Å². The number of rotatable bonds is 10. The van der Waals surface area contributed by atoms with Gasteiger partial charge in [-0.25, -0.2) is 4.21 Å². The number of aliphatic hydroxyl groups is 1. The van der Waals surface area contributed by atoms with Gasteiger partial charge in [-0.3, -0.25) is 0 Å². The summed E-state index contributed by atoms with van der Waals surface area (Å²) in [6.45, 7) is 11.2. The van der Waals surface area contributed by atoms with Crippen LogP contribution in [0.4, 0.5) is 0 Å². The molecule has 0 heterocycles. The molecule has 0 aliphatic heterocycles. The highest BCUT2D eigenvalue weighted by molar-refractivity contribution is 7.89. The first-order valence-corrected chi connectivity index (χ1v) is 14.4. The van der Waals surface area contributed by atoms with Crippen LogP contribution >= 0.6 is 0 Å². The first-order chi connectivity index (χ1) is 15.8. The fraction of sp³-hybridized carbons (Fsp3) is 0.286. The standard InChI is InChI=1S/C28H34O3SSi/c1-23(32(30)24-15-8-5-9-16-24)27(29)21-14-22-31-33(28(2,3)4,25-17-10-6-11-18-25)26-19-12-7-13-20-26/h5-13,15-20,27,29H,1,14,21-22H2,2-4H3. The van der Waals surface area contributed by atoms with E-state index in [4.69, 9.17) is 4.43 Å². The van der Waals surface area contributed by atoms with E-state index in [2.05, 4.69) is 75.9 Å². The van der Waals surface area contributed by atoms with Crippen LogP contribution in [0, 0.1) is 0 Å². The summed E-state index contributed by atoms with van der Waals surface area (Å²) < 4.78 is 19.6. The lowest BCUT2D eigenvalue weighted by molar-refractivity contribution is 0.189. The number of hydrogen-bond acceptors (Lipinski definition) is 3. The molecule has 3 aromatic carbocycles. The Kier molecular flexibility index (Phi) is 8.60. The summed E-state index contributed by atoms with van der Waals surface area (Å²) in [6, 6.07) is 30.2. The van der Waals surface area contributed by atoms with E-state index < -0.39 is 25.2 Å². The maximum atomic E-state index is 12.7. The van der Waals surface area contributed by atoms with Gasteiger partial charge >= 0.3 is 0 Å². The molecule has 0 saturated heterocycles. The van der Waals surface area contributed by atoms with Crippen molar-refractivity contribution in [3.63, 3.8) is 0 Å². The normalized spacial score (nSPS) is 13.9. The van der Waals surface area contributed by atoms with Gasteiger partial charge in [-0.2, -0.15) is 0 Å². The Morgan fingerprint density at radius 1 is 0.909 bits per heavy atom. The fourth-order valence-electron chi connectivity index (χ4n) is 4.24. The number of benzene rings is 3. The summed E-state index contributed by atoms with van der Waals surface area (Å²) in [5, 5.41) is 13.0. The lowest BCUT2D eigenvalue weighted by Crippen LogP contribution is -2.66. The van der Waals surface area contributed by atoms with E-state index in [-0.39, 0.29) is 5.04 Å². The number of hydrogen-bond donors (Lipinski definition) is 1. The van der Waals surface area contributed by atoms with E-state index in [0.29, 0.717) is 29.2 Å². The van der Waals surface area contributed by atoms with Crippen LogP contribution < -0.4 is 10.4 Å². The van der Waals surface area contributed by atoms with Crippen molar-refractivity contribution in [2.45, 2.75) is 49.7 Å². The Morgan fingerprint density at radius 3 is 1.82 bits per heavy atom. The van der Waals surface area contributed by atoms with Gasteiger partial charge in [0.2, 0.25) is 0 Å². The Balaban J connectivity index is 1.74. The van der Waals surface area contributed by atoms with Crippen molar-refractivity contribution in [3.05, 3.63) is 102 Å². The molecule has 174 valence electrons. The average molecular weight is 479 g/mol. The molecule has 0 aliphatic carbocycles. The molecule has 3 nitrogen and oxygen atoms in total. The molecule has 3 aromatic rings. The zero-order valence-corrected chi connectivity index (χ0v) is 21.6. The second-order valence-electron chi connectivity index (χ2n) is 9.22. The van der Waals surface area contributed by atoms with Gasteiger partial charge in [0.25, 0.3) is 8.32 Å². The van der Waals surface area contributed by atoms with Crippen LogP contribution in [0.2, 0.25) is 5.04 Å². The van der Waals surface area contributed by atoms with E-state index in [0.717, 1.165) is 0 Å². The number of aliphatic hydroxyl groups excluding tert-OH is 1. The largest absolute Gasteiger partial charge is 0.407 e. The molecule has 33 heavy (non-hydrogen) atoms. The monoisotopic (exact) mass is 478 g/mol. The van der Waals surface area contributed by atoms with Crippen LogP contribution in [0.5, 0.6) is 0 Å². The molecule has 0 spiro atoms. The van der Waals surface area contributed by atoms with E-state index in [1.165, 1.54) is 10.4 Å². The van der Waals surface area contributed by atoms with Crippen molar-refractivity contribution in [1.82, 2.24) is 0 Å². The summed E-state index contributed by atoms with van der Waals surface area (Å²) in [6.07, 6.45) is 0.264. The third-order valence-electron chi connectivity index (χ3n) is 5.92. The van der Waals surface area contributed by atoms with Crippen molar-refractivity contribution in [3.8, 4) is 0 Å². The molecule has 0 bridgehead atoms. The van der Waals surface area contributed by atoms with Crippen molar-refractivity contribution in [2.75, 3.05) is 6.61 Å². The van der Waals surface area contributed by atoms with Crippen molar-refractivity contribution in [1.29, 1.82) is 0 Å². The Morgan fingerprint density at radius 2 is 1.36 bits per heavy atom. The van der Waals surface area contributed by atoms with Gasteiger partial charge in [-0.05, 0) is 40.4 Å². The molecule has 0 fully saturated rings. The van der Waals surface area contributed by atoms with E-state index in [9.17, 15) is 9.32 Å². The molecular formula is C28H34O3SSi. The molecule has 2 atom stereocenters. The summed E-state index contributed by atoms with van der Waals surface area (Å²) >= 11 is 0. The van der Waals surface area contributed by atoms with Crippen molar-refractivity contribution in [2.24, 2.45) is 0 Å². The third-order valence-corrected chi connectivity index (χ3v) is 12.4. The second kappa shape index (κ2) is 11.2. The average Bonchev–Trinajstić information content (AvgIpc) is 2.84. The Bertz CT molecular complexity index is 1010. The van der Waals surface area contributed by atoms with Crippen LogP contribution in [-0.2, 0) is 15.2 Å². The van der Waals surface area contributed by atoms with Gasteiger partial charge in [-0.1, -0.05) is 106 Å². The van der Waals surface area contributed by atoms with Gasteiger partial charge in [0.15, 0.2) is 0 Å². The van der Waals surface area contributed by atoms with Crippen LogP contribution in [-0.4, -0.2) is 30.3 Å². The third kappa shape index (κ3) is 5.79. The maximum absolute atomic E-state index is 12.7. The second-order valence-corrected chi connectivity index (χ2v) is 15.1. The van der Waals surface area contributed by atoms with Crippen molar-refractivity contribution < 1.29 is 13.7 Å². The van der Waals surface area contributed by atoms with E-state index in [1.807, 2.05) is 30.3 Å². The fourth-order valence-corrected chi connectivity index (χ4v) is 9.92. The molecule has 5 heteroatoms. The lowest BCUT2D eigenvalue weighted by atomic mass is 10.2. The van der Waals surface area contributed by atoms with Crippen LogP contribution in [0.15, 0.2) is 107 Å². The smallest absolute Gasteiger partial charge is 0.261 e. The summed E-state index contributed by atoms with van der Waals surface area (Å²) in [7, 11) is -4.02. The maximum Gasteiger partial charge on any atom is 0.261 e. The minimum Gasteiger partial charge on any atom is -0.407 e. The van der Waals surface area contributed by atoms with Gasteiger partial charge in [0.1, 0.15) is 0 Å². The zero-order valence-electron chi connectivity index (χ0n) is 19.7. The SMILES string of the molecule is C=C(C(O)CCCO[Si](c1ccccc1)(c1ccccc1)C(C)(C)C)S(=O)c1ccccc1. The molecule has 1 N–H and O–H groups in total. The van der Waals surface area contributed by atoms with Gasteiger partial charge in [0.05, 0.1) is 16.9 Å². The van der Waals surface area contributed by atoms with Crippen LogP contribution in [0.25, 0.3) is 0 Å². The molecule has 0 saturated carbocycles. The molecular weight excluding hydrogens is 444 g/mol. The summed E-state index contributed by atoms with van der Waals surface area (Å²) in [4.78, 5) is 0.997. The minimum absolute atomic E-state index is 0.0905. The zero-order chi connectivity index (χ0) is 23.9. The Labute approximate surface area is 201 Å². The minimum atomic E-state index is -2.59. The molecule has 0 aliphatic rings. The predicted molar refractivity (Wildman–Crippen MR) is 141 cm³/mol. The molecule has 0 radical (unpaired) electrons. The first kappa shape index (κ1) is 25.3. The molecule has 0 aromatic heterocycles. The molecule has 3 rings (SSSR count). The highest BCUT2D eigenvalue weighted by Crippen LogP contribution is 2.36. The molecule has 0 amide bonds. The Hall–Kier alpha value is -2.31. The highest BCUT2D eigenvalue weighted by Gasteiger charge is 2.49. The van der Waals surface area contributed by atoms with Gasteiger partial charge < -0.3 is 9.53 Å². The van der Waals surface area contributed by atoms with E-state index in [1.54, 1.807) is 12.1 Å². The molecule has 2 unspecified atom stereocenters. The topological polar surface area (TPSA) is 46.5 Å². The quantitative estimate of drug-likeness (QED) is 0.329. The van der Waals surface area contributed by atoms with Crippen molar-refractivity contribution >= 4 is 29.5 Å². The van der Waals surface area contributed by atoms with Gasteiger partial charge in [0, 0.05) is 16.4 Å². The van der Waals surface area contributed by atoms with Crippen LogP contribution in [0.1, 0.15) is 33.6 Å². The first-order valence-electron chi connectivity index (χ1n) is 11.4. The predicted octanol–water partition coefficient (Wildman–Crippen LogP) is 5.03. The summed E-state index contributed by atoms with van der Waals surface area (Å²) in [5.41, 5.74) is 0. The summed E-state index contributed by atoms with van der Waals surface area (Å²) in [5.74, 6) is 0. The highest BCUT2D eigenvalue weighted by atomic mass is 32.2. The van der Waals surface area contributed by atoms with Gasteiger partial charge in [-0.15, -0.1) is 0 Å². The lowest BCUT2D eigenvalue weighted by Gasteiger charge is -2.43.